The molecule has 0 radical (unpaired) electrons. The first-order chi connectivity index (χ1) is 17.1. The van der Waals surface area contributed by atoms with E-state index < -0.39 is 0 Å². The monoisotopic (exact) mass is 490 g/mol. The minimum Gasteiger partial charge on any atom is -0.395 e. The number of hydrogen-bond acceptors (Lipinski definition) is 6. The van der Waals surface area contributed by atoms with Crippen molar-refractivity contribution < 1.29 is 9.90 Å². The van der Waals surface area contributed by atoms with E-state index in [0.29, 0.717) is 29.0 Å². The van der Waals surface area contributed by atoms with Crippen LogP contribution in [0, 0.1) is 0 Å². The molecular formula is C26H27ClN6O2. The molecule has 0 bridgehead atoms. The lowest BCUT2D eigenvalue weighted by Crippen LogP contribution is -2.39. The van der Waals surface area contributed by atoms with Gasteiger partial charge in [-0.1, -0.05) is 35.9 Å². The quantitative estimate of drug-likeness (QED) is 0.325. The summed E-state index contributed by atoms with van der Waals surface area (Å²) in [6.45, 7) is 2.39. The zero-order valence-electron chi connectivity index (χ0n) is 19.2. The average molecular weight is 491 g/mol. The van der Waals surface area contributed by atoms with Gasteiger partial charge >= 0.3 is 0 Å². The molecule has 0 spiro atoms. The van der Waals surface area contributed by atoms with Crippen molar-refractivity contribution in [1.82, 2.24) is 19.9 Å². The number of hydrogen-bond donors (Lipinski definition) is 3. The first-order valence-corrected chi connectivity index (χ1v) is 12.1. The summed E-state index contributed by atoms with van der Waals surface area (Å²) >= 11 is 6.17. The van der Waals surface area contributed by atoms with E-state index in [1.54, 1.807) is 23.0 Å². The van der Waals surface area contributed by atoms with Gasteiger partial charge in [-0.2, -0.15) is 5.10 Å². The second-order valence-electron chi connectivity index (χ2n) is 8.54. The van der Waals surface area contributed by atoms with Crippen LogP contribution < -0.4 is 15.5 Å². The predicted molar refractivity (Wildman–Crippen MR) is 138 cm³/mol. The number of anilines is 2. The van der Waals surface area contributed by atoms with E-state index in [2.05, 4.69) is 25.6 Å². The molecule has 8 nitrogen and oxygen atoms in total. The zero-order valence-corrected chi connectivity index (χ0v) is 19.9. The van der Waals surface area contributed by atoms with Crippen LogP contribution in [-0.4, -0.2) is 57.9 Å². The van der Waals surface area contributed by atoms with Crippen LogP contribution in [0.5, 0.6) is 0 Å². The van der Waals surface area contributed by atoms with Gasteiger partial charge in [0.15, 0.2) is 5.65 Å². The van der Waals surface area contributed by atoms with Gasteiger partial charge < -0.3 is 20.6 Å². The normalized spacial score (nSPS) is 15.6. The molecule has 35 heavy (non-hydrogen) atoms. The van der Waals surface area contributed by atoms with Crippen molar-refractivity contribution in [1.29, 1.82) is 0 Å². The van der Waals surface area contributed by atoms with E-state index in [9.17, 15) is 4.79 Å². The first-order valence-electron chi connectivity index (χ1n) is 11.7. The standard InChI is InChI=1S/C26H27ClN6O2/c27-19-6-3-5-18(15-19)21-17-29-33-13-10-23(30-25(21)33)26(35)31-22-8-1-2-9-24(22)32-12-4-7-20(32)16-28-11-14-34/h1-3,5-6,8-10,13,15,17,20,28,34H,4,7,11-12,14,16H2,(H,31,35)/t20-/m1/s1. The van der Waals surface area contributed by atoms with Crippen LogP contribution in [0.2, 0.25) is 5.02 Å². The Balaban J connectivity index is 1.40. The highest BCUT2D eigenvalue weighted by Gasteiger charge is 2.26. The molecule has 1 saturated heterocycles. The number of aliphatic hydroxyl groups excluding tert-OH is 1. The maximum absolute atomic E-state index is 13.3. The molecule has 2 aromatic heterocycles. The predicted octanol–water partition coefficient (Wildman–Crippen LogP) is 3.85. The highest BCUT2D eigenvalue weighted by atomic mass is 35.5. The maximum atomic E-state index is 13.3. The van der Waals surface area contributed by atoms with Gasteiger partial charge in [-0.15, -0.1) is 0 Å². The summed E-state index contributed by atoms with van der Waals surface area (Å²) in [6.07, 6.45) is 5.61. The van der Waals surface area contributed by atoms with Gasteiger partial charge in [0.2, 0.25) is 0 Å². The number of fused-ring (bicyclic) bond motifs is 1. The number of amides is 1. The Labute approximate surface area is 208 Å². The summed E-state index contributed by atoms with van der Waals surface area (Å²) in [4.78, 5) is 20.2. The van der Waals surface area contributed by atoms with Crippen LogP contribution >= 0.6 is 11.6 Å². The molecule has 1 aliphatic heterocycles. The number of carbonyl (C=O) groups is 1. The summed E-state index contributed by atoms with van der Waals surface area (Å²) in [5.74, 6) is -0.285. The summed E-state index contributed by atoms with van der Waals surface area (Å²) in [5.41, 5.74) is 4.31. The number of nitrogens with one attached hydrogen (secondary N) is 2. The third kappa shape index (κ3) is 5.00. The van der Waals surface area contributed by atoms with Crippen molar-refractivity contribution in [3.63, 3.8) is 0 Å². The molecule has 5 rings (SSSR count). The van der Waals surface area contributed by atoms with Crippen molar-refractivity contribution in [3.8, 4) is 11.1 Å². The van der Waals surface area contributed by atoms with Gasteiger partial charge in [0.1, 0.15) is 5.69 Å². The van der Waals surface area contributed by atoms with E-state index in [-0.39, 0.29) is 12.5 Å². The Morgan fingerprint density at radius 1 is 1.17 bits per heavy atom. The Hall–Kier alpha value is -3.46. The number of aliphatic hydroxyl groups is 1. The number of rotatable bonds is 8. The molecular weight excluding hydrogens is 464 g/mol. The molecule has 0 unspecified atom stereocenters. The molecule has 2 aromatic carbocycles. The molecule has 3 N–H and O–H groups in total. The largest absolute Gasteiger partial charge is 0.395 e. The number of halogens is 1. The summed E-state index contributed by atoms with van der Waals surface area (Å²) in [5, 5.41) is 20.4. The van der Waals surface area contributed by atoms with Crippen molar-refractivity contribution in [3.05, 3.63) is 77.7 Å². The van der Waals surface area contributed by atoms with Gasteiger partial charge in [-0.05, 0) is 48.7 Å². The van der Waals surface area contributed by atoms with Crippen molar-refractivity contribution in [2.24, 2.45) is 0 Å². The third-order valence-electron chi connectivity index (χ3n) is 6.24. The molecule has 4 aromatic rings. The second kappa shape index (κ2) is 10.4. The molecule has 1 amide bonds. The van der Waals surface area contributed by atoms with Gasteiger partial charge in [0, 0.05) is 42.5 Å². The fraction of sp³-hybridized carbons (Fsp3) is 0.269. The number of para-hydroxylation sites is 2. The Kier molecular flexibility index (Phi) is 6.94. The van der Waals surface area contributed by atoms with E-state index in [4.69, 9.17) is 16.7 Å². The van der Waals surface area contributed by atoms with Crippen molar-refractivity contribution in [2.45, 2.75) is 18.9 Å². The molecule has 180 valence electrons. The highest BCUT2D eigenvalue weighted by molar-refractivity contribution is 6.30. The number of aromatic nitrogens is 3. The lowest BCUT2D eigenvalue weighted by Gasteiger charge is -2.29. The van der Waals surface area contributed by atoms with E-state index in [1.165, 1.54) is 0 Å². The number of nitrogens with zero attached hydrogens (tertiary/aromatic N) is 4. The summed E-state index contributed by atoms with van der Waals surface area (Å²) in [7, 11) is 0. The second-order valence-corrected chi connectivity index (χ2v) is 8.97. The Morgan fingerprint density at radius 2 is 2.06 bits per heavy atom. The van der Waals surface area contributed by atoms with Crippen molar-refractivity contribution >= 4 is 34.5 Å². The Morgan fingerprint density at radius 3 is 2.91 bits per heavy atom. The molecule has 1 fully saturated rings. The van der Waals surface area contributed by atoms with Crippen LogP contribution in [0.3, 0.4) is 0 Å². The van der Waals surface area contributed by atoms with E-state index in [0.717, 1.165) is 48.4 Å². The van der Waals surface area contributed by atoms with Crippen LogP contribution in [0.15, 0.2) is 67.0 Å². The number of benzene rings is 2. The molecule has 1 aliphatic rings. The van der Waals surface area contributed by atoms with Gasteiger partial charge in [0.25, 0.3) is 5.91 Å². The van der Waals surface area contributed by atoms with Crippen LogP contribution in [-0.2, 0) is 0 Å². The van der Waals surface area contributed by atoms with E-state index >= 15 is 0 Å². The molecule has 1 atom stereocenters. The molecule has 9 heteroatoms. The van der Waals surface area contributed by atoms with Crippen molar-refractivity contribution in [2.75, 3.05) is 36.5 Å². The smallest absolute Gasteiger partial charge is 0.274 e. The fourth-order valence-electron chi connectivity index (χ4n) is 4.58. The maximum Gasteiger partial charge on any atom is 0.274 e. The van der Waals surface area contributed by atoms with Gasteiger partial charge in [-0.25, -0.2) is 9.50 Å². The highest BCUT2D eigenvalue weighted by Crippen LogP contribution is 2.32. The molecule has 0 aliphatic carbocycles. The third-order valence-corrected chi connectivity index (χ3v) is 6.48. The van der Waals surface area contributed by atoms with Crippen LogP contribution in [0.25, 0.3) is 16.8 Å². The van der Waals surface area contributed by atoms with Crippen LogP contribution in [0.1, 0.15) is 23.3 Å². The minimum absolute atomic E-state index is 0.118. The van der Waals surface area contributed by atoms with Gasteiger partial charge in [0.05, 0.1) is 24.2 Å². The SMILES string of the molecule is O=C(Nc1ccccc1N1CCC[C@@H]1CNCCO)c1ccn2ncc(-c3cccc(Cl)c3)c2n1. The fourth-order valence-corrected chi connectivity index (χ4v) is 4.77. The van der Waals surface area contributed by atoms with E-state index in [1.807, 2.05) is 48.5 Å². The van der Waals surface area contributed by atoms with Crippen LogP contribution in [0.4, 0.5) is 11.4 Å². The summed E-state index contributed by atoms with van der Waals surface area (Å²) < 4.78 is 1.65. The zero-order chi connectivity index (χ0) is 24.2. The Bertz CT molecular complexity index is 1340. The lowest BCUT2D eigenvalue weighted by atomic mass is 10.1. The molecule has 0 saturated carbocycles. The summed E-state index contributed by atoms with van der Waals surface area (Å²) in [6, 6.07) is 17.3. The number of carbonyl (C=O) groups excluding carboxylic acids is 1. The lowest BCUT2D eigenvalue weighted by molar-refractivity contribution is 0.102. The minimum atomic E-state index is -0.285. The van der Waals surface area contributed by atoms with Gasteiger partial charge in [-0.3, -0.25) is 4.79 Å². The first kappa shape index (κ1) is 23.3. The molecule has 3 heterocycles. The average Bonchev–Trinajstić information content (AvgIpc) is 3.51. The topological polar surface area (TPSA) is 94.8 Å².